The number of hydrogen-bond acceptors (Lipinski definition) is 2. The van der Waals surface area contributed by atoms with Crippen LogP contribution in [0.3, 0.4) is 0 Å². The Morgan fingerprint density at radius 1 is 1.47 bits per heavy atom. The number of carboxylic acid groups (broad SMARTS) is 1. The van der Waals surface area contributed by atoms with Gasteiger partial charge in [0, 0.05) is 26.8 Å². The molecule has 1 atom stereocenters. The number of hydrogen-bond donors (Lipinski definition) is 1. The molecule has 3 nitrogen and oxygen atoms in total. The van der Waals surface area contributed by atoms with Crippen molar-refractivity contribution in [1.82, 2.24) is 0 Å². The Bertz CT molecular complexity index is 529. The molecule has 1 fully saturated rings. The predicted molar refractivity (Wildman–Crippen MR) is 74.7 cm³/mol. The van der Waals surface area contributed by atoms with Crippen molar-refractivity contribution >= 4 is 32.7 Å². The molecule has 0 bridgehead atoms. The van der Waals surface area contributed by atoms with E-state index in [9.17, 15) is 13.4 Å². The van der Waals surface area contributed by atoms with Crippen LogP contribution in [0.2, 0.25) is 0 Å². The van der Waals surface area contributed by atoms with Crippen LogP contribution < -0.4 is 0 Å². The number of carboxylic acids is 1. The van der Waals surface area contributed by atoms with Crippen LogP contribution in [0.5, 0.6) is 0 Å². The Labute approximate surface area is 121 Å². The summed E-state index contributed by atoms with van der Waals surface area (Å²) in [6.45, 7) is 0. The zero-order valence-electron chi connectivity index (χ0n) is 10.2. The van der Waals surface area contributed by atoms with Crippen molar-refractivity contribution in [2.45, 2.75) is 25.0 Å². The third-order valence-corrected chi connectivity index (χ3v) is 5.59. The highest BCUT2D eigenvalue weighted by Gasteiger charge is 2.45. The largest absolute Gasteiger partial charge is 0.481 e. The minimum atomic E-state index is -1.13. The number of aliphatic carboxylic acids is 1. The van der Waals surface area contributed by atoms with E-state index in [1.54, 1.807) is 6.07 Å². The fourth-order valence-electron chi connectivity index (χ4n) is 2.07. The van der Waals surface area contributed by atoms with Gasteiger partial charge in [0.1, 0.15) is 5.82 Å². The van der Waals surface area contributed by atoms with E-state index < -0.39 is 16.8 Å². The van der Waals surface area contributed by atoms with Crippen LogP contribution in [0.25, 0.3) is 0 Å². The molecule has 0 aromatic heterocycles. The Morgan fingerprint density at radius 2 is 2.16 bits per heavy atom. The van der Waals surface area contributed by atoms with Gasteiger partial charge in [-0.05, 0) is 36.0 Å². The van der Waals surface area contributed by atoms with Crippen molar-refractivity contribution in [3.05, 3.63) is 34.1 Å². The van der Waals surface area contributed by atoms with E-state index in [2.05, 4.69) is 15.9 Å². The second kappa shape index (κ2) is 5.71. The van der Waals surface area contributed by atoms with Crippen molar-refractivity contribution in [3.63, 3.8) is 0 Å². The van der Waals surface area contributed by atoms with E-state index in [1.165, 1.54) is 12.1 Å². The van der Waals surface area contributed by atoms with Crippen molar-refractivity contribution in [2.75, 3.05) is 5.75 Å². The highest BCUT2D eigenvalue weighted by Crippen LogP contribution is 2.49. The minimum absolute atomic E-state index is 0.0866. The second-order valence-electron chi connectivity index (χ2n) is 5.03. The maximum absolute atomic E-state index is 12.9. The SMILES string of the molecule is O=C(O)CC1(CS(=O)Cc2ccc(F)cc2Br)CC1. The van der Waals surface area contributed by atoms with Crippen LogP contribution in [0.4, 0.5) is 4.39 Å². The lowest BCUT2D eigenvalue weighted by atomic mass is 10.1. The maximum Gasteiger partial charge on any atom is 0.303 e. The molecule has 1 N–H and O–H groups in total. The summed E-state index contributed by atoms with van der Waals surface area (Å²) in [6, 6.07) is 4.28. The molecule has 104 valence electrons. The van der Waals surface area contributed by atoms with E-state index in [-0.39, 0.29) is 17.7 Å². The third kappa shape index (κ3) is 4.11. The summed E-state index contributed by atoms with van der Waals surface area (Å²) in [5.41, 5.74) is 0.509. The number of rotatable bonds is 6. The van der Waals surface area contributed by atoms with Gasteiger partial charge in [-0.2, -0.15) is 0 Å². The van der Waals surface area contributed by atoms with E-state index in [4.69, 9.17) is 5.11 Å². The van der Waals surface area contributed by atoms with Gasteiger partial charge in [0.05, 0.1) is 6.42 Å². The molecule has 0 saturated heterocycles. The summed E-state index contributed by atoms with van der Waals surface area (Å²) in [6.07, 6.45) is 1.74. The highest BCUT2D eigenvalue weighted by molar-refractivity contribution is 9.10. The summed E-state index contributed by atoms with van der Waals surface area (Å²) in [7, 11) is -1.13. The van der Waals surface area contributed by atoms with Gasteiger partial charge < -0.3 is 5.11 Å². The quantitative estimate of drug-likeness (QED) is 0.859. The summed E-state index contributed by atoms with van der Waals surface area (Å²) >= 11 is 3.24. The Balaban J connectivity index is 1.96. The van der Waals surface area contributed by atoms with Gasteiger partial charge in [0.15, 0.2) is 0 Å². The summed E-state index contributed by atoms with van der Waals surface area (Å²) < 4.78 is 25.6. The van der Waals surface area contributed by atoms with Gasteiger partial charge >= 0.3 is 5.97 Å². The molecule has 1 aromatic rings. The first-order valence-electron chi connectivity index (χ1n) is 5.91. The fraction of sp³-hybridized carbons (Fsp3) is 0.462. The molecule has 1 aliphatic rings. The molecule has 1 aliphatic carbocycles. The zero-order chi connectivity index (χ0) is 14.0. The van der Waals surface area contributed by atoms with Crippen LogP contribution in [0, 0.1) is 11.2 Å². The van der Waals surface area contributed by atoms with Crippen LogP contribution in [0.1, 0.15) is 24.8 Å². The first kappa shape index (κ1) is 14.7. The summed E-state index contributed by atoms with van der Waals surface area (Å²) in [4.78, 5) is 10.7. The summed E-state index contributed by atoms with van der Waals surface area (Å²) in [5, 5.41) is 8.82. The van der Waals surface area contributed by atoms with Gasteiger partial charge in [-0.1, -0.05) is 22.0 Å². The molecular weight excluding hydrogens is 335 g/mol. The average Bonchev–Trinajstić information content (AvgIpc) is 3.00. The van der Waals surface area contributed by atoms with Gasteiger partial charge in [-0.15, -0.1) is 0 Å². The average molecular weight is 349 g/mol. The zero-order valence-corrected chi connectivity index (χ0v) is 12.6. The van der Waals surface area contributed by atoms with Crippen molar-refractivity contribution < 1.29 is 18.5 Å². The van der Waals surface area contributed by atoms with Crippen LogP contribution >= 0.6 is 15.9 Å². The first-order chi connectivity index (χ1) is 8.90. The highest BCUT2D eigenvalue weighted by atomic mass is 79.9. The van der Waals surface area contributed by atoms with Crippen molar-refractivity contribution in [2.24, 2.45) is 5.41 Å². The second-order valence-corrected chi connectivity index (χ2v) is 7.35. The molecule has 0 radical (unpaired) electrons. The van der Waals surface area contributed by atoms with Gasteiger partial charge in [0.25, 0.3) is 0 Å². The third-order valence-electron chi connectivity index (χ3n) is 3.28. The van der Waals surface area contributed by atoms with Gasteiger partial charge in [0.2, 0.25) is 0 Å². The number of carbonyl (C=O) groups is 1. The van der Waals surface area contributed by atoms with Gasteiger partial charge in [-0.25, -0.2) is 4.39 Å². The van der Waals surface area contributed by atoms with E-state index in [0.717, 1.165) is 18.4 Å². The number of halogens is 2. The van der Waals surface area contributed by atoms with Crippen molar-refractivity contribution in [3.8, 4) is 0 Å². The van der Waals surface area contributed by atoms with Crippen molar-refractivity contribution in [1.29, 1.82) is 0 Å². The van der Waals surface area contributed by atoms with Crippen LogP contribution in [-0.2, 0) is 21.3 Å². The predicted octanol–water partition coefficient (Wildman–Crippen LogP) is 3.09. The Morgan fingerprint density at radius 3 is 2.68 bits per heavy atom. The molecular formula is C13H14BrFO3S. The molecule has 0 heterocycles. The lowest BCUT2D eigenvalue weighted by Gasteiger charge is -2.12. The molecule has 2 rings (SSSR count). The molecule has 0 spiro atoms. The topological polar surface area (TPSA) is 54.4 Å². The molecule has 1 saturated carbocycles. The standard InChI is InChI=1S/C13H14BrFO3S/c14-11-5-10(15)2-1-9(11)7-19(18)8-13(3-4-13)6-12(16)17/h1-2,5H,3-4,6-8H2,(H,16,17). The smallest absolute Gasteiger partial charge is 0.303 e. The summed E-state index contributed by atoms with van der Waals surface area (Å²) in [5.74, 6) is -0.450. The Hall–Kier alpha value is -0.750. The molecule has 0 aliphatic heterocycles. The lowest BCUT2D eigenvalue weighted by molar-refractivity contribution is -0.138. The van der Waals surface area contributed by atoms with Gasteiger partial charge in [-0.3, -0.25) is 9.00 Å². The fourth-order valence-corrected chi connectivity index (χ4v) is 4.53. The first-order valence-corrected chi connectivity index (χ1v) is 8.19. The maximum atomic E-state index is 12.9. The molecule has 19 heavy (non-hydrogen) atoms. The van der Waals surface area contributed by atoms with Crippen LogP contribution in [0.15, 0.2) is 22.7 Å². The monoisotopic (exact) mass is 348 g/mol. The molecule has 1 unspecified atom stereocenters. The lowest BCUT2D eigenvalue weighted by Crippen LogP contribution is -2.17. The van der Waals surface area contributed by atoms with E-state index >= 15 is 0 Å². The molecule has 1 aromatic carbocycles. The molecule has 6 heteroatoms. The van der Waals surface area contributed by atoms with E-state index in [0.29, 0.717) is 16.0 Å². The van der Waals surface area contributed by atoms with Crippen LogP contribution in [-0.4, -0.2) is 21.0 Å². The molecule has 0 amide bonds. The normalized spacial score (nSPS) is 18.0. The minimum Gasteiger partial charge on any atom is -0.481 e. The Kier molecular flexibility index (Phi) is 4.40. The number of benzene rings is 1. The van der Waals surface area contributed by atoms with E-state index in [1.807, 2.05) is 0 Å².